The first-order valence-electron chi connectivity index (χ1n) is 8.77. The molecular formula is C19H25N3O3. The molecule has 3 rings (SSSR count). The van der Waals surface area contributed by atoms with E-state index in [0.29, 0.717) is 30.3 Å². The van der Waals surface area contributed by atoms with Gasteiger partial charge in [-0.2, -0.15) is 0 Å². The number of carbonyl (C=O) groups excluding carboxylic acids is 3. The fourth-order valence-electron chi connectivity index (χ4n) is 3.83. The van der Waals surface area contributed by atoms with Gasteiger partial charge in [0.05, 0.1) is 5.41 Å². The van der Waals surface area contributed by atoms with Crippen LogP contribution >= 0.6 is 0 Å². The average Bonchev–Trinajstić information content (AvgIpc) is 2.59. The van der Waals surface area contributed by atoms with Crippen molar-refractivity contribution in [1.82, 2.24) is 10.2 Å². The molecular weight excluding hydrogens is 318 g/mol. The van der Waals surface area contributed by atoms with Crippen molar-refractivity contribution in [2.45, 2.75) is 39.7 Å². The van der Waals surface area contributed by atoms with Crippen molar-refractivity contribution in [2.75, 3.05) is 18.4 Å². The van der Waals surface area contributed by atoms with Gasteiger partial charge in [0.2, 0.25) is 11.8 Å². The average molecular weight is 343 g/mol. The summed E-state index contributed by atoms with van der Waals surface area (Å²) in [6, 6.07) is 7.24. The highest BCUT2D eigenvalue weighted by atomic mass is 16.2. The quantitative estimate of drug-likeness (QED) is 0.824. The molecule has 0 bridgehead atoms. The Morgan fingerprint density at radius 1 is 1.24 bits per heavy atom. The number of carbonyl (C=O) groups is 3. The molecule has 1 aromatic rings. The minimum atomic E-state index is -0.302. The van der Waals surface area contributed by atoms with Gasteiger partial charge in [-0.1, -0.05) is 6.07 Å². The second-order valence-corrected chi connectivity index (χ2v) is 7.56. The number of amides is 3. The molecule has 0 spiro atoms. The molecule has 2 fully saturated rings. The Bertz CT molecular complexity index is 706. The van der Waals surface area contributed by atoms with E-state index in [1.165, 1.54) is 6.92 Å². The number of nitrogens with one attached hydrogen (secondary N) is 2. The maximum Gasteiger partial charge on any atom is 0.253 e. The summed E-state index contributed by atoms with van der Waals surface area (Å²) in [7, 11) is 0. The second-order valence-electron chi connectivity index (χ2n) is 7.56. The van der Waals surface area contributed by atoms with Crippen molar-refractivity contribution in [2.24, 2.45) is 11.3 Å². The zero-order valence-corrected chi connectivity index (χ0v) is 15.0. The molecule has 6 heteroatoms. The molecule has 2 aliphatic rings. The Hall–Kier alpha value is -2.37. The predicted octanol–water partition coefficient (Wildman–Crippen LogP) is 2.02. The van der Waals surface area contributed by atoms with Crippen LogP contribution in [0.5, 0.6) is 0 Å². The number of piperidine rings is 1. The van der Waals surface area contributed by atoms with E-state index < -0.39 is 0 Å². The Morgan fingerprint density at radius 3 is 2.48 bits per heavy atom. The standard InChI is InChI=1S/C19H25N3O3/c1-12(23)20-15-6-4-5-14(11-15)17(24)22-9-7-13(8-10-22)16-19(2,3)18(25)21-16/h4-6,11,13,16H,7-10H2,1-3H3,(H,20,23)(H,21,25). The summed E-state index contributed by atoms with van der Waals surface area (Å²) in [5, 5.41) is 5.73. The molecule has 2 heterocycles. The number of benzene rings is 1. The van der Waals surface area contributed by atoms with E-state index in [2.05, 4.69) is 10.6 Å². The summed E-state index contributed by atoms with van der Waals surface area (Å²) in [5.41, 5.74) is 0.915. The van der Waals surface area contributed by atoms with Crippen LogP contribution in [0.3, 0.4) is 0 Å². The van der Waals surface area contributed by atoms with Gasteiger partial charge in [-0.05, 0) is 50.8 Å². The number of rotatable bonds is 3. The molecule has 0 aromatic heterocycles. The fourth-order valence-corrected chi connectivity index (χ4v) is 3.83. The molecule has 0 radical (unpaired) electrons. The van der Waals surface area contributed by atoms with Crippen molar-refractivity contribution in [3.05, 3.63) is 29.8 Å². The number of nitrogens with zero attached hydrogens (tertiary/aromatic N) is 1. The van der Waals surface area contributed by atoms with Crippen molar-refractivity contribution in [1.29, 1.82) is 0 Å². The first-order chi connectivity index (χ1) is 11.8. The van der Waals surface area contributed by atoms with E-state index in [9.17, 15) is 14.4 Å². The van der Waals surface area contributed by atoms with Gasteiger partial charge < -0.3 is 15.5 Å². The maximum atomic E-state index is 12.7. The van der Waals surface area contributed by atoms with Crippen LogP contribution in [0, 0.1) is 11.3 Å². The first kappa shape index (κ1) is 17.5. The molecule has 0 saturated carbocycles. The third-order valence-corrected chi connectivity index (χ3v) is 5.38. The van der Waals surface area contributed by atoms with Gasteiger partial charge in [-0.25, -0.2) is 0 Å². The third-order valence-electron chi connectivity index (χ3n) is 5.38. The fraction of sp³-hybridized carbons (Fsp3) is 0.526. The van der Waals surface area contributed by atoms with E-state index in [0.717, 1.165) is 12.8 Å². The van der Waals surface area contributed by atoms with Gasteiger partial charge in [-0.15, -0.1) is 0 Å². The van der Waals surface area contributed by atoms with Gasteiger partial charge in [0.15, 0.2) is 0 Å². The predicted molar refractivity (Wildman–Crippen MR) is 95.1 cm³/mol. The summed E-state index contributed by atoms with van der Waals surface area (Å²) < 4.78 is 0. The number of anilines is 1. The normalized spacial score (nSPS) is 22.8. The lowest BCUT2D eigenvalue weighted by molar-refractivity contribution is -0.146. The van der Waals surface area contributed by atoms with Crippen LogP contribution in [-0.4, -0.2) is 41.8 Å². The smallest absolute Gasteiger partial charge is 0.253 e. The summed E-state index contributed by atoms with van der Waals surface area (Å²) >= 11 is 0. The van der Waals surface area contributed by atoms with Crippen molar-refractivity contribution in [3.63, 3.8) is 0 Å². The minimum absolute atomic E-state index is 0.0115. The van der Waals surface area contributed by atoms with E-state index >= 15 is 0 Å². The van der Waals surface area contributed by atoms with Crippen molar-refractivity contribution >= 4 is 23.4 Å². The molecule has 2 aliphatic heterocycles. The van der Waals surface area contributed by atoms with E-state index in [1.54, 1.807) is 24.3 Å². The molecule has 1 atom stereocenters. The van der Waals surface area contributed by atoms with Crippen LogP contribution in [0.2, 0.25) is 0 Å². The minimum Gasteiger partial charge on any atom is -0.351 e. The molecule has 134 valence electrons. The van der Waals surface area contributed by atoms with Crippen LogP contribution < -0.4 is 10.6 Å². The zero-order valence-electron chi connectivity index (χ0n) is 15.0. The molecule has 2 saturated heterocycles. The zero-order chi connectivity index (χ0) is 18.2. The topological polar surface area (TPSA) is 78.5 Å². The van der Waals surface area contributed by atoms with E-state index in [4.69, 9.17) is 0 Å². The third kappa shape index (κ3) is 3.38. The van der Waals surface area contributed by atoms with Crippen LogP contribution in [0.15, 0.2) is 24.3 Å². The number of hydrogen-bond donors (Lipinski definition) is 2. The van der Waals surface area contributed by atoms with E-state index in [-0.39, 0.29) is 29.2 Å². The largest absolute Gasteiger partial charge is 0.351 e. The summed E-state index contributed by atoms with van der Waals surface area (Å²) in [6.07, 6.45) is 1.79. The summed E-state index contributed by atoms with van der Waals surface area (Å²) in [5.74, 6) is 0.367. The number of β-lactam (4-membered cyclic amide) rings is 1. The van der Waals surface area contributed by atoms with Gasteiger partial charge in [0.25, 0.3) is 5.91 Å². The van der Waals surface area contributed by atoms with Crippen LogP contribution in [-0.2, 0) is 9.59 Å². The SMILES string of the molecule is CC(=O)Nc1cccc(C(=O)N2CCC(C3NC(=O)C3(C)C)CC2)c1. The van der Waals surface area contributed by atoms with Crippen LogP contribution in [0.4, 0.5) is 5.69 Å². The molecule has 6 nitrogen and oxygen atoms in total. The Labute approximate surface area is 148 Å². The molecule has 2 N–H and O–H groups in total. The van der Waals surface area contributed by atoms with Gasteiger partial charge in [0.1, 0.15) is 0 Å². The number of likely N-dealkylation sites (tertiary alicyclic amines) is 1. The lowest BCUT2D eigenvalue weighted by Gasteiger charge is -2.50. The summed E-state index contributed by atoms with van der Waals surface area (Å²) in [4.78, 5) is 37.4. The molecule has 1 aromatic carbocycles. The highest BCUT2D eigenvalue weighted by Gasteiger charge is 2.51. The lowest BCUT2D eigenvalue weighted by Crippen LogP contribution is -2.68. The lowest BCUT2D eigenvalue weighted by atomic mass is 9.68. The Morgan fingerprint density at radius 2 is 1.92 bits per heavy atom. The first-order valence-corrected chi connectivity index (χ1v) is 8.77. The van der Waals surface area contributed by atoms with Crippen molar-refractivity contribution < 1.29 is 14.4 Å². The Balaban J connectivity index is 1.60. The monoisotopic (exact) mass is 343 g/mol. The van der Waals surface area contributed by atoms with Crippen LogP contribution in [0.25, 0.3) is 0 Å². The van der Waals surface area contributed by atoms with Gasteiger partial charge in [-0.3, -0.25) is 14.4 Å². The highest BCUT2D eigenvalue weighted by Crippen LogP contribution is 2.38. The molecule has 0 aliphatic carbocycles. The number of hydrogen-bond acceptors (Lipinski definition) is 3. The Kier molecular flexibility index (Phi) is 4.54. The summed E-state index contributed by atoms with van der Waals surface area (Å²) in [6.45, 7) is 6.80. The van der Waals surface area contributed by atoms with Crippen LogP contribution in [0.1, 0.15) is 44.0 Å². The molecule has 1 unspecified atom stereocenters. The van der Waals surface area contributed by atoms with Gasteiger partial charge in [0, 0.05) is 37.3 Å². The second kappa shape index (κ2) is 6.50. The molecule has 3 amide bonds. The maximum absolute atomic E-state index is 12.7. The van der Waals surface area contributed by atoms with Gasteiger partial charge >= 0.3 is 0 Å². The van der Waals surface area contributed by atoms with E-state index in [1.807, 2.05) is 18.7 Å². The highest BCUT2D eigenvalue weighted by molar-refractivity contribution is 5.97. The molecule has 25 heavy (non-hydrogen) atoms. The van der Waals surface area contributed by atoms with Crippen molar-refractivity contribution in [3.8, 4) is 0 Å².